The second-order valence-corrected chi connectivity index (χ2v) is 5.48. The smallest absolute Gasteiger partial charge is 0.249 e. The fourth-order valence-electron chi connectivity index (χ4n) is 2.80. The van der Waals surface area contributed by atoms with Crippen molar-refractivity contribution in [3.8, 4) is 0 Å². The number of aromatic nitrogens is 2. The average Bonchev–Trinajstić information content (AvgIpc) is 3.16. The summed E-state index contributed by atoms with van der Waals surface area (Å²) in [6, 6.07) is 8.28. The van der Waals surface area contributed by atoms with Gasteiger partial charge in [-0.3, -0.25) is 4.79 Å². The van der Waals surface area contributed by atoms with E-state index in [1.165, 1.54) is 31.1 Å². The molecule has 1 aliphatic carbocycles. The predicted octanol–water partition coefficient (Wildman–Crippen LogP) is 3.79. The number of carbonyl (C=O) groups is 1. The second kappa shape index (κ2) is 6.56. The van der Waals surface area contributed by atoms with Gasteiger partial charge < -0.3 is 5.32 Å². The first kappa shape index (κ1) is 14.5. The molecule has 0 atom stereocenters. The predicted molar refractivity (Wildman–Crippen MR) is 83.8 cm³/mol. The van der Waals surface area contributed by atoms with Crippen LogP contribution < -0.4 is 5.32 Å². The SMILES string of the molecule is O=C(C=Cc1cccc(F)c1)Nc1ccnn1C1CCCC1. The molecule has 0 aliphatic heterocycles. The summed E-state index contributed by atoms with van der Waals surface area (Å²) in [6.07, 6.45) is 9.31. The Morgan fingerprint density at radius 2 is 2.14 bits per heavy atom. The highest BCUT2D eigenvalue weighted by Crippen LogP contribution is 2.31. The van der Waals surface area contributed by atoms with Crippen molar-refractivity contribution in [2.75, 3.05) is 5.32 Å². The zero-order chi connectivity index (χ0) is 15.4. The van der Waals surface area contributed by atoms with Crippen LogP contribution in [0, 0.1) is 5.82 Å². The number of nitrogens with zero attached hydrogens (tertiary/aromatic N) is 2. The highest BCUT2D eigenvalue weighted by atomic mass is 19.1. The Morgan fingerprint density at radius 3 is 2.91 bits per heavy atom. The molecule has 22 heavy (non-hydrogen) atoms. The van der Waals surface area contributed by atoms with Crippen molar-refractivity contribution in [1.29, 1.82) is 0 Å². The molecule has 0 bridgehead atoms. The lowest BCUT2D eigenvalue weighted by molar-refractivity contribution is -0.111. The molecule has 1 aromatic heterocycles. The summed E-state index contributed by atoms with van der Waals surface area (Å²) in [6.45, 7) is 0. The first-order chi connectivity index (χ1) is 10.7. The van der Waals surface area contributed by atoms with Crippen molar-refractivity contribution >= 4 is 17.8 Å². The van der Waals surface area contributed by atoms with E-state index in [1.807, 2.05) is 4.68 Å². The number of benzene rings is 1. The lowest BCUT2D eigenvalue weighted by atomic mass is 10.2. The van der Waals surface area contributed by atoms with Crippen LogP contribution in [0.5, 0.6) is 0 Å². The van der Waals surface area contributed by atoms with Crippen LogP contribution in [-0.2, 0) is 4.79 Å². The third kappa shape index (κ3) is 3.42. The molecular weight excluding hydrogens is 281 g/mol. The number of amides is 1. The minimum absolute atomic E-state index is 0.246. The van der Waals surface area contributed by atoms with Crippen molar-refractivity contribution in [3.05, 3.63) is 54.0 Å². The average molecular weight is 299 g/mol. The van der Waals surface area contributed by atoms with Crippen LogP contribution in [0.4, 0.5) is 10.2 Å². The lowest BCUT2D eigenvalue weighted by Gasteiger charge is -2.13. The summed E-state index contributed by atoms with van der Waals surface area (Å²) in [5, 5.41) is 7.14. The van der Waals surface area contributed by atoms with Crippen LogP contribution in [0.25, 0.3) is 6.08 Å². The quantitative estimate of drug-likeness (QED) is 0.873. The van der Waals surface area contributed by atoms with Crippen molar-refractivity contribution in [3.63, 3.8) is 0 Å². The topological polar surface area (TPSA) is 46.9 Å². The lowest BCUT2D eigenvalue weighted by Crippen LogP contribution is -2.15. The third-order valence-corrected chi connectivity index (χ3v) is 3.87. The number of nitrogens with one attached hydrogen (secondary N) is 1. The summed E-state index contributed by atoms with van der Waals surface area (Å²) in [5.74, 6) is 0.145. The van der Waals surface area contributed by atoms with E-state index in [1.54, 1.807) is 30.5 Å². The summed E-state index contributed by atoms with van der Waals surface area (Å²) < 4.78 is 15.0. The van der Waals surface area contributed by atoms with Crippen LogP contribution in [0.3, 0.4) is 0 Å². The second-order valence-electron chi connectivity index (χ2n) is 5.48. The Hall–Kier alpha value is -2.43. The van der Waals surface area contributed by atoms with Crippen LogP contribution in [0.1, 0.15) is 37.3 Å². The maximum Gasteiger partial charge on any atom is 0.249 e. The Kier molecular flexibility index (Phi) is 4.32. The van der Waals surface area contributed by atoms with Gasteiger partial charge in [-0.05, 0) is 36.6 Å². The van der Waals surface area contributed by atoms with E-state index >= 15 is 0 Å². The number of halogens is 1. The number of carbonyl (C=O) groups excluding carboxylic acids is 1. The highest BCUT2D eigenvalue weighted by molar-refractivity contribution is 6.01. The molecule has 1 fully saturated rings. The first-order valence-electron chi connectivity index (χ1n) is 7.50. The van der Waals surface area contributed by atoms with Gasteiger partial charge >= 0.3 is 0 Å². The van der Waals surface area contributed by atoms with Gasteiger partial charge in [-0.25, -0.2) is 9.07 Å². The molecule has 1 aromatic carbocycles. The van der Waals surface area contributed by atoms with E-state index in [2.05, 4.69) is 10.4 Å². The Labute approximate surface area is 128 Å². The Morgan fingerprint density at radius 1 is 1.32 bits per heavy atom. The molecule has 114 valence electrons. The molecule has 1 heterocycles. The molecule has 1 amide bonds. The third-order valence-electron chi connectivity index (χ3n) is 3.87. The van der Waals surface area contributed by atoms with Gasteiger partial charge in [-0.2, -0.15) is 5.10 Å². The number of anilines is 1. The molecule has 0 radical (unpaired) electrons. The van der Waals surface area contributed by atoms with Crippen molar-refractivity contribution < 1.29 is 9.18 Å². The van der Waals surface area contributed by atoms with Crippen LogP contribution in [0.15, 0.2) is 42.6 Å². The van der Waals surface area contributed by atoms with E-state index in [4.69, 9.17) is 0 Å². The first-order valence-corrected chi connectivity index (χ1v) is 7.50. The number of hydrogen-bond acceptors (Lipinski definition) is 2. The van der Waals surface area contributed by atoms with E-state index in [-0.39, 0.29) is 11.7 Å². The highest BCUT2D eigenvalue weighted by Gasteiger charge is 2.20. The van der Waals surface area contributed by atoms with Crippen molar-refractivity contribution in [2.45, 2.75) is 31.7 Å². The van der Waals surface area contributed by atoms with E-state index in [0.717, 1.165) is 12.8 Å². The number of hydrogen-bond donors (Lipinski definition) is 1. The van der Waals surface area contributed by atoms with E-state index in [0.29, 0.717) is 17.4 Å². The summed E-state index contributed by atoms with van der Waals surface area (Å²) in [7, 11) is 0. The van der Waals surface area contributed by atoms with Crippen LogP contribution in [-0.4, -0.2) is 15.7 Å². The van der Waals surface area contributed by atoms with Gasteiger partial charge in [0.25, 0.3) is 0 Å². The van der Waals surface area contributed by atoms with Crippen LogP contribution >= 0.6 is 0 Å². The van der Waals surface area contributed by atoms with Gasteiger partial charge in [0.05, 0.1) is 12.2 Å². The standard InChI is InChI=1S/C17H18FN3O/c18-14-5-3-4-13(12-14)8-9-17(22)20-16-10-11-19-21(16)15-6-1-2-7-15/h3-5,8-12,15H,1-2,6-7H2,(H,20,22). The molecule has 1 aliphatic rings. The van der Waals surface area contributed by atoms with Gasteiger partial charge in [0, 0.05) is 12.1 Å². The van der Waals surface area contributed by atoms with Crippen LogP contribution in [0.2, 0.25) is 0 Å². The molecule has 0 spiro atoms. The maximum absolute atomic E-state index is 13.1. The van der Waals surface area contributed by atoms with Gasteiger partial charge in [0.2, 0.25) is 5.91 Å². The van der Waals surface area contributed by atoms with Crippen molar-refractivity contribution in [2.24, 2.45) is 0 Å². The molecule has 0 unspecified atom stereocenters. The molecular formula is C17H18FN3O. The summed E-state index contributed by atoms with van der Waals surface area (Å²) in [5.41, 5.74) is 0.652. The molecule has 5 heteroatoms. The molecule has 1 N–H and O–H groups in total. The Balaban J connectivity index is 1.66. The molecule has 0 saturated heterocycles. The van der Waals surface area contributed by atoms with Crippen molar-refractivity contribution in [1.82, 2.24) is 9.78 Å². The molecule has 4 nitrogen and oxygen atoms in total. The maximum atomic E-state index is 13.1. The molecule has 1 saturated carbocycles. The van der Waals surface area contributed by atoms with E-state index < -0.39 is 0 Å². The minimum atomic E-state index is -0.318. The largest absolute Gasteiger partial charge is 0.307 e. The summed E-state index contributed by atoms with van der Waals surface area (Å²) >= 11 is 0. The molecule has 2 aromatic rings. The van der Waals surface area contributed by atoms with Gasteiger partial charge in [-0.1, -0.05) is 25.0 Å². The monoisotopic (exact) mass is 299 g/mol. The van der Waals surface area contributed by atoms with Gasteiger partial charge in [0.15, 0.2) is 0 Å². The Bertz CT molecular complexity index is 687. The summed E-state index contributed by atoms with van der Waals surface area (Å²) in [4.78, 5) is 12.0. The zero-order valence-electron chi connectivity index (χ0n) is 12.2. The molecule has 3 rings (SSSR count). The minimum Gasteiger partial charge on any atom is -0.307 e. The van der Waals surface area contributed by atoms with Gasteiger partial charge in [0.1, 0.15) is 11.6 Å². The van der Waals surface area contributed by atoms with E-state index in [9.17, 15) is 9.18 Å². The zero-order valence-corrected chi connectivity index (χ0v) is 12.2. The fourth-order valence-corrected chi connectivity index (χ4v) is 2.80. The fraction of sp³-hybridized carbons (Fsp3) is 0.294. The van der Waals surface area contributed by atoms with Gasteiger partial charge in [-0.15, -0.1) is 0 Å². The normalized spacial score (nSPS) is 15.5. The number of rotatable bonds is 4.